The Bertz CT molecular complexity index is 1420. The molecule has 3 aromatic rings. The first kappa shape index (κ1) is 31.3. The Hall–Kier alpha value is -4.12. The standard InChI is InChI=1S/C33H43N5O6/c1-3-43-32(41)33(18-23-10-11-23)19-24-12-13-27(42-2)28(17-24)44-21-31(40)34-14-16-38(15-6-9-30(39)35-22-33)20-29-36-25-7-4-5-8-26(25)37-29/h4-5,7-8,12-13,17,23H,3,6,9-11,14-16,18-22H2,1-2H3,(H,34,40)(H,35,39)(H,36,37). The summed E-state index contributed by atoms with van der Waals surface area (Å²) < 4.78 is 17.0. The number of imidazole rings is 1. The fraction of sp³-hybridized carbons (Fsp3) is 0.515. The molecule has 1 unspecified atom stereocenters. The van der Waals surface area contributed by atoms with Crippen LogP contribution in [0.1, 0.15) is 50.4 Å². The van der Waals surface area contributed by atoms with Crippen molar-refractivity contribution in [2.24, 2.45) is 11.3 Å². The fourth-order valence-corrected chi connectivity index (χ4v) is 5.86. The lowest BCUT2D eigenvalue weighted by Gasteiger charge is -2.32. The number of esters is 1. The number of hydrogen-bond donors (Lipinski definition) is 3. The molecule has 11 heteroatoms. The van der Waals surface area contributed by atoms with Gasteiger partial charge in [0.05, 0.1) is 36.7 Å². The summed E-state index contributed by atoms with van der Waals surface area (Å²) in [5.41, 5.74) is 1.77. The molecule has 1 aliphatic carbocycles. The van der Waals surface area contributed by atoms with Gasteiger partial charge in [0.15, 0.2) is 18.1 Å². The number of fused-ring (bicyclic) bond motifs is 3. The topological polar surface area (TPSA) is 135 Å². The average Bonchev–Trinajstić information content (AvgIpc) is 3.73. The molecule has 1 aromatic heterocycles. The van der Waals surface area contributed by atoms with Gasteiger partial charge in [0.25, 0.3) is 5.91 Å². The predicted octanol–water partition coefficient (Wildman–Crippen LogP) is 3.37. The Morgan fingerprint density at radius 2 is 1.95 bits per heavy atom. The predicted molar refractivity (Wildman–Crippen MR) is 165 cm³/mol. The van der Waals surface area contributed by atoms with E-state index in [1.54, 1.807) is 20.1 Å². The molecule has 2 aliphatic rings. The average molecular weight is 606 g/mol. The summed E-state index contributed by atoms with van der Waals surface area (Å²) in [4.78, 5) is 49.7. The molecule has 2 aromatic carbocycles. The lowest BCUT2D eigenvalue weighted by Crippen LogP contribution is -2.46. The first-order valence-corrected chi connectivity index (χ1v) is 15.5. The van der Waals surface area contributed by atoms with Crippen molar-refractivity contribution in [1.29, 1.82) is 0 Å². The first-order chi connectivity index (χ1) is 21.4. The van der Waals surface area contributed by atoms with Crippen molar-refractivity contribution in [1.82, 2.24) is 25.5 Å². The van der Waals surface area contributed by atoms with Crippen LogP contribution in [-0.4, -0.2) is 79.2 Å². The molecule has 1 atom stereocenters. The molecule has 2 bridgehead atoms. The molecule has 11 nitrogen and oxygen atoms in total. The molecule has 5 rings (SSSR count). The van der Waals surface area contributed by atoms with Crippen LogP contribution in [0.3, 0.4) is 0 Å². The van der Waals surface area contributed by atoms with Gasteiger partial charge in [0, 0.05) is 26.1 Å². The summed E-state index contributed by atoms with van der Waals surface area (Å²) in [7, 11) is 1.54. The van der Waals surface area contributed by atoms with Crippen molar-refractivity contribution in [2.45, 2.75) is 52.0 Å². The number of benzene rings is 2. The van der Waals surface area contributed by atoms with Gasteiger partial charge in [-0.2, -0.15) is 0 Å². The summed E-state index contributed by atoms with van der Waals surface area (Å²) in [5.74, 6) is 1.47. The summed E-state index contributed by atoms with van der Waals surface area (Å²) in [6.45, 7) is 4.21. The molecular weight excluding hydrogens is 562 g/mol. The number of methoxy groups -OCH3 is 1. The lowest BCUT2D eigenvalue weighted by molar-refractivity contribution is -0.156. The number of aromatic amines is 1. The van der Waals surface area contributed by atoms with Crippen molar-refractivity contribution in [3.8, 4) is 11.5 Å². The number of H-pyrrole nitrogens is 1. The van der Waals surface area contributed by atoms with E-state index in [-0.39, 0.29) is 37.5 Å². The van der Waals surface area contributed by atoms with Crippen LogP contribution in [0.15, 0.2) is 42.5 Å². The van der Waals surface area contributed by atoms with Crippen molar-refractivity contribution in [2.75, 3.05) is 46.5 Å². The van der Waals surface area contributed by atoms with Gasteiger partial charge < -0.3 is 29.8 Å². The summed E-state index contributed by atoms with van der Waals surface area (Å²) >= 11 is 0. The van der Waals surface area contributed by atoms with E-state index >= 15 is 0 Å². The van der Waals surface area contributed by atoms with Crippen LogP contribution in [0, 0.1) is 11.3 Å². The van der Waals surface area contributed by atoms with Gasteiger partial charge in [0.1, 0.15) is 5.82 Å². The minimum atomic E-state index is -0.922. The second-order valence-corrected chi connectivity index (χ2v) is 11.8. The van der Waals surface area contributed by atoms with Gasteiger partial charge in [-0.05, 0) is 68.5 Å². The molecule has 0 spiro atoms. The maximum Gasteiger partial charge on any atom is 0.314 e. The van der Waals surface area contributed by atoms with E-state index in [4.69, 9.17) is 19.2 Å². The van der Waals surface area contributed by atoms with Crippen LogP contribution in [0.2, 0.25) is 0 Å². The Kier molecular flexibility index (Phi) is 10.4. The zero-order valence-corrected chi connectivity index (χ0v) is 25.7. The Labute approximate surface area is 258 Å². The summed E-state index contributed by atoms with van der Waals surface area (Å²) in [6.07, 6.45) is 4.03. The quantitative estimate of drug-likeness (QED) is 0.349. The third kappa shape index (κ3) is 8.28. The number of rotatable bonds is 7. The highest BCUT2D eigenvalue weighted by molar-refractivity contribution is 5.81. The van der Waals surface area contributed by atoms with Crippen molar-refractivity contribution >= 4 is 28.8 Å². The van der Waals surface area contributed by atoms with E-state index in [0.717, 1.165) is 35.3 Å². The molecule has 1 fully saturated rings. The van der Waals surface area contributed by atoms with Crippen LogP contribution >= 0.6 is 0 Å². The van der Waals surface area contributed by atoms with E-state index in [9.17, 15) is 14.4 Å². The molecule has 44 heavy (non-hydrogen) atoms. The minimum absolute atomic E-state index is 0.105. The molecular formula is C33H43N5O6. The highest BCUT2D eigenvalue weighted by Gasteiger charge is 2.44. The number of carbonyl (C=O) groups excluding carboxylic acids is 3. The Morgan fingerprint density at radius 3 is 2.73 bits per heavy atom. The SMILES string of the molecule is CCOC(=O)C1(CC2CC2)CNC(=O)CCCN(Cc2nc3ccccc3[nH]2)CCNC(=O)COc2cc(ccc2OC)C1. The minimum Gasteiger partial charge on any atom is -0.493 e. The Balaban J connectivity index is 1.37. The van der Waals surface area contributed by atoms with Gasteiger partial charge in [-0.1, -0.05) is 31.0 Å². The van der Waals surface area contributed by atoms with E-state index in [1.807, 2.05) is 36.4 Å². The first-order valence-electron chi connectivity index (χ1n) is 15.5. The number of aromatic nitrogens is 2. The maximum absolute atomic E-state index is 13.6. The largest absolute Gasteiger partial charge is 0.493 e. The molecule has 3 N–H and O–H groups in total. The van der Waals surface area contributed by atoms with Crippen molar-refractivity contribution in [3.05, 3.63) is 53.9 Å². The van der Waals surface area contributed by atoms with Crippen LogP contribution in [0.5, 0.6) is 11.5 Å². The number of ether oxygens (including phenoxy) is 3. The van der Waals surface area contributed by atoms with Gasteiger partial charge in [-0.15, -0.1) is 0 Å². The van der Waals surface area contributed by atoms with Crippen LogP contribution in [-0.2, 0) is 32.1 Å². The van der Waals surface area contributed by atoms with Gasteiger partial charge >= 0.3 is 5.97 Å². The van der Waals surface area contributed by atoms with Crippen molar-refractivity contribution in [3.63, 3.8) is 0 Å². The molecule has 236 valence electrons. The number of carbonyl (C=O) groups is 3. The van der Waals surface area contributed by atoms with Crippen LogP contribution in [0.4, 0.5) is 0 Å². The number of hydrogen-bond acceptors (Lipinski definition) is 8. The monoisotopic (exact) mass is 605 g/mol. The van der Waals surface area contributed by atoms with E-state index < -0.39 is 5.41 Å². The lowest BCUT2D eigenvalue weighted by atomic mass is 9.76. The van der Waals surface area contributed by atoms with E-state index in [2.05, 4.69) is 20.5 Å². The highest BCUT2D eigenvalue weighted by Crippen LogP contribution is 2.43. The molecule has 0 saturated heterocycles. The van der Waals surface area contributed by atoms with E-state index in [0.29, 0.717) is 69.3 Å². The zero-order chi connectivity index (χ0) is 30.9. The fourth-order valence-electron chi connectivity index (χ4n) is 5.86. The smallest absolute Gasteiger partial charge is 0.314 e. The summed E-state index contributed by atoms with van der Waals surface area (Å²) in [5, 5.41) is 6.02. The van der Waals surface area contributed by atoms with E-state index in [1.165, 1.54) is 0 Å². The van der Waals surface area contributed by atoms with Crippen LogP contribution in [0.25, 0.3) is 11.0 Å². The molecule has 1 aliphatic heterocycles. The summed E-state index contributed by atoms with van der Waals surface area (Å²) in [6, 6.07) is 13.3. The van der Waals surface area contributed by atoms with Crippen LogP contribution < -0.4 is 20.1 Å². The molecule has 2 heterocycles. The van der Waals surface area contributed by atoms with Gasteiger partial charge in [-0.25, -0.2) is 4.98 Å². The van der Waals surface area contributed by atoms with Gasteiger partial charge in [0.2, 0.25) is 5.91 Å². The second kappa shape index (κ2) is 14.6. The molecule has 2 amide bonds. The Morgan fingerprint density at radius 1 is 1.11 bits per heavy atom. The third-order valence-corrected chi connectivity index (χ3v) is 8.28. The third-order valence-electron chi connectivity index (χ3n) is 8.28. The molecule has 0 radical (unpaired) electrons. The molecule has 1 saturated carbocycles. The number of nitrogens with one attached hydrogen (secondary N) is 3. The van der Waals surface area contributed by atoms with Gasteiger partial charge in [-0.3, -0.25) is 19.3 Å². The van der Waals surface area contributed by atoms with Crippen molar-refractivity contribution < 1.29 is 28.6 Å². The number of nitrogens with zero attached hydrogens (tertiary/aromatic N) is 2. The second-order valence-electron chi connectivity index (χ2n) is 11.8. The number of para-hydroxylation sites is 2. The maximum atomic E-state index is 13.6. The highest BCUT2D eigenvalue weighted by atomic mass is 16.5. The zero-order valence-electron chi connectivity index (χ0n) is 25.7. The number of amides is 2. The normalized spacial score (nSPS) is 21.0.